The van der Waals surface area contributed by atoms with Gasteiger partial charge in [0.15, 0.2) is 0 Å². The van der Waals surface area contributed by atoms with Crippen molar-refractivity contribution in [2.24, 2.45) is 5.92 Å². The molecule has 0 saturated heterocycles. The van der Waals surface area contributed by atoms with E-state index >= 15 is 0 Å². The van der Waals surface area contributed by atoms with Crippen molar-refractivity contribution >= 4 is 0 Å². The molecule has 1 heterocycles. The van der Waals surface area contributed by atoms with Gasteiger partial charge in [-0.2, -0.15) is 9.97 Å². The molecule has 0 fully saturated rings. The summed E-state index contributed by atoms with van der Waals surface area (Å²) in [6.45, 7) is 9.70. The Morgan fingerprint density at radius 2 is 1.65 bits per heavy atom. The number of nitrogens with one attached hydrogen (secondary N) is 1. The number of methoxy groups -OCH3 is 2. The first kappa shape index (κ1) is 16.7. The van der Waals surface area contributed by atoms with E-state index in [0.717, 1.165) is 18.8 Å². The van der Waals surface area contributed by atoms with Crippen LogP contribution in [0.2, 0.25) is 0 Å². The fourth-order valence-corrected chi connectivity index (χ4v) is 2.38. The van der Waals surface area contributed by atoms with Crippen LogP contribution in [0.4, 0.5) is 0 Å². The van der Waals surface area contributed by atoms with E-state index in [2.05, 4.69) is 43.0 Å². The Balaban J connectivity index is 3.07. The topological polar surface area (TPSA) is 56.3 Å². The molecule has 114 valence electrons. The van der Waals surface area contributed by atoms with Crippen LogP contribution in [0.3, 0.4) is 0 Å². The van der Waals surface area contributed by atoms with Crippen LogP contribution in [0, 0.1) is 5.92 Å². The molecule has 2 unspecified atom stereocenters. The van der Waals surface area contributed by atoms with Crippen LogP contribution in [-0.4, -0.2) is 36.8 Å². The highest BCUT2D eigenvalue weighted by molar-refractivity contribution is 5.23. The van der Waals surface area contributed by atoms with Crippen LogP contribution < -0.4 is 14.8 Å². The van der Waals surface area contributed by atoms with Gasteiger partial charge in [0.05, 0.1) is 20.3 Å². The summed E-state index contributed by atoms with van der Waals surface area (Å²) in [7, 11) is 3.21. The minimum atomic E-state index is 0.213. The molecule has 0 aliphatic carbocycles. The number of hydrogen-bond acceptors (Lipinski definition) is 5. The lowest BCUT2D eigenvalue weighted by Crippen LogP contribution is -2.36. The summed E-state index contributed by atoms with van der Waals surface area (Å²) in [5.41, 5.74) is 0. The monoisotopic (exact) mass is 281 g/mol. The lowest BCUT2D eigenvalue weighted by atomic mass is 9.88. The SMILES string of the molecule is CCCNC(C)C(c1nc(OC)cc(OC)n1)C(C)C. The normalized spacial score (nSPS) is 14.2. The predicted octanol–water partition coefficient (Wildman–Crippen LogP) is 2.62. The van der Waals surface area contributed by atoms with Crippen molar-refractivity contribution < 1.29 is 9.47 Å². The molecular formula is C15H27N3O2. The van der Waals surface area contributed by atoms with Gasteiger partial charge < -0.3 is 14.8 Å². The molecule has 1 aromatic heterocycles. The lowest BCUT2D eigenvalue weighted by molar-refractivity contribution is 0.335. The van der Waals surface area contributed by atoms with Gasteiger partial charge in [-0.05, 0) is 25.8 Å². The van der Waals surface area contributed by atoms with Gasteiger partial charge in [-0.25, -0.2) is 0 Å². The summed E-state index contributed by atoms with van der Waals surface area (Å²) in [6, 6.07) is 2.00. The van der Waals surface area contributed by atoms with Crippen molar-refractivity contribution in [2.75, 3.05) is 20.8 Å². The minimum absolute atomic E-state index is 0.213. The Morgan fingerprint density at radius 1 is 1.10 bits per heavy atom. The average Bonchev–Trinajstić information content (AvgIpc) is 2.44. The number of hydrogen-bond donors (Lipinski definition) is 1. The van der Waals surface area contributed by atoms with Gasteiger partial charge in [-0.3, -0.25) is 0 Å². The zero-order chi connectivity index (χ0) is 15.1. The summed E-state index contributed by atoms with van der Waals surface area (Å²) >= 11 is 0. The Kier molecular flexibility index (Phi) is 6.71. The first-order valence-corrected chi connectivity index (χ1v) is 7.23. The minimum Gasteiger partial charge on any atom is -0.481 e. The van der Waals surface area contributed by atoms with E-state index in [4.69, 9.17) is 9.47 Å². The second-order valence-corrected chi connectivity index (χ2v) is 5.32. The third-order valence-corrected chi connectivity index (χ3v) is 3.39. The molecule has 0 amide bonds. The molecule has 0 aliphatic heterocycles. The van der Waals surface area contributed by atoms with Gasteiger partial charge in [0.1, 0.15) is 5.82 Å². The van der Waals surface area contributed by atoms with Crippen molar-refractivity contribution in [1.82, 2.24) is 15.3 Å². The zero-order valence-electron chi connectivity index (χ0n) is 13.4. The van der Waals surface area contributed by atoms with Crippen molar-refractivity contribution in [2.45, 2.75) is 46.1 Å². The van der Waals surface area contributed by atoms with Crippen molar-refractivity contribution in [3.63, 3.8) is 0 Å². The second kappa shape index (κ2) is 8.04. The highest BCUT2D eigenvalue weighted by Crippen LogP contribution is 2.28. The highest BCUT2D eigenvalue weighted by Gasteiger charge is 2.26. The van der Waals surface area contributed by atoms with E-state index in [1.807, 2.05) is 0 Å². The molecule has 1 aromatic rings. The Bertz CT molecular complexity index is 388. The fourth-order valence-electron chi connectivity index (χ4n) is 2.38. The molecule has 0 saturated carbocycles. The summed E-state index contributed by atoms with van der Waals surface area (Å²) < 4.78 is 10.5. The second-order valence-electron chi connectivity index (χ2n) is 5.32. The predicted molar refractivity (Wildman–Crippen MR) is 80.5 cm³/mol. The lowest BCUT2D eigenvalue weighted by Gasteiger charge is -2.27. The van der Waals surface area contributed by atoms with Crippen LogP contribution in [0.1, 0.15) is 45.9 Å². The molecule has 0 radical (unpaired) electrons. The largest absolute Gasteiger partial charge is 0.481 e. The van der Waals surface area contributed by atoms with Gasteiger partial charge in [0.25, 0.3) is 0 Å². The third kappa shape index (κ3) is 4.34. The molecule has 20 heavy (non-hydrogen) atoms. The van der Waals surface area contributed by atoms with Crippen LogP contribution in [0.25, 0.3) is 0 Å². The number of rotatable bonds is 8. The average molecular weight is 281 g/mol. The number of aromatic nitrogens is 2. The maximum atomic E-state index is 5.24. The Hall–Kier alpha value is -1.36. The Morgan fingerprint density at radius 3 is 2.05 bits per heavy atom. The summed E-state index contributed by atoms with van der Waals surface area (Å²) in [4.78, 5) is 8.99. The molecule has 0 bridgehead atoms. The molecule has 0 aromatic carbocycles. The summed E-state index contributed by atoms with van der Waals surface area (Å²) in [5.74, 6) is 2.49. The molecule has 1 N–H and O–H groups in total. The van der Waals surface area contributed by atoms with E-state index in [1.54, 1.807) is 20.3 Å². The van der Waals surface area contributed by atoms with Crippen molar-refractivity contribution in [1.29, 1.82) is 0 Å². The van der Waals surface area contributed by atoms with Crippen LogP contribution in [0.5, 0.6) is 11.8 Å². The number of nitrogens with zero attached hydrogens (tertiary/aromatic N) is 2. The molecule has 5 nitrogen and oxygen atoms in total. The van der Waals surface area contributed by atoms with Gasteiger partial charge in [-0.15, -0.1) is 0 Å². The van der Waals surface area contributed by atoms with E-state index < -0.39 is 0 Å². The fraction of sp³-hybridized carbons (Fsp3) is 0.733. The van der Waals surface area contributed by atoms with Crippen LogP contribution in [-0.2, 0) is 0 Å². The summed E-state index contributed by atoms with van der Waals surface area (Å²) in [6.07, 6.45) is 1.11. The quantitative estimate of drug-likeness (QED) is 0.794. The molecule has 5 heteroatoms. The highest BCUT2D eigenvalue weighted by atomic mass is 16.5. The van der Waals surface area contributed by atoms with Gasteiger partial charge >= 0.3 is 0 Å². The Labute approximate surface area is 122 Å². The molecule has 1 rings (SSSR count). The molecule has 0 aliphatic rings. The first-order valence-electron chi connectivity index (χ1n) is 7.23. The van der Waals surface area contributed by atoms with E-state index in [-0.39, 0.29) is 5.92 Å². The standard InChI is InChI=1S/C15H27N3O2/c1-7-8-16-11(4)14(10(2)3)15-17-12(19-5)9-13(18-15)20-6/h9-11,14,16H,7-8H2,1-6H3. The third-order valence-electron chi connectivity index (χ3n) is 3.39. The van der Waals surface area contributed by atoms with Crippen LogP contribution in [0.15, 0.2) is 6.07 Å². The summed E-state index contributed by atoms with van der Waals surface area (Å²) in [5, 5.41) is 3.53. The van der Waals surface area contributed by atoms with E-state index in [1.165, 1.54) is 0 Å². The molecular weight excluding hydrogens is 254 g/mol. The van der Waals surface area contributed by atoms with E-state index in [9.17, 15) is 0 Å². The van der Waals surface area contributed by atoms with Crippen molar-refractivity contribution in [3.8, 4) is 11.8 Å². The van der Waals surface area contributed by atoms with Gasteiger partial charge in [0, 0.05) is 12.0 Å². The zero-order valence-corrected chi connectivity index (χ0v) is 13.4. The first-order chi connectivity index (χ1) is 9.53. The van der Waals surface area contributed by atoms with Gasteiger partial charge in [-0.1, -0.05) is 20.8 Å². The maximum absolute atomic E-state index is 5.24. The van der Waals surface area contributed by atoms with E-state index in [0.29, 0.717) is 23.7 Å². The molecule has 0 spiro atoms. The maximum Gasteiger partial charge on any atom is 0.220 e. The van der Waals surface area contributed by atoms with Crippen LogP contribution >= 0.6 is 0 Å². The van der Waals surface area contributed by atoms with Gasteiger partial charge in [0.2, 0.25) is 11.8 Å². The van der Waals surface area contributed by atoms with Crippen molar-refractivity contribution in [3.05, 3.63) is 11.9 Å². The molecule has 2 atom stereocenters. The number of ether oxygens (including phenoxy) is 2. The smallest absolute Gasteiger partial charge is 0.220 e.